The highest BCUT2D eigenvalue weighted by Gasteiger charge is 2.33. The molecule has 0 saturated heterocycles. The molecule has 160 valence electrons. The van der Waals surface area contributed by atoms with E-state index in [-0.39, 0.29) is 36.3 Å². The Morgan fingerprint density at radius 3 is 2.55 bits per heavy atom. The fourth-order valence-electron chi connectivity index (χ4n) is 2.68. The van der Waals surface area contributed by atoms with Gasteiger partial charge >= 0.3 is 6.18 Å². The van der Waals surface area contributed by atoms with Crippen molar-refractivity contribution in [1.29, 1.82) is 0 Å². The van der Waals surface area contributed by atoms with Crippen molar-refractivity contribution in [2.75, 3.05) is 39.6 Å². The number of pyridine rings is 1. The second-order valence-corrected chi connectivity index (χ2v) is 5.97. The minimum Gasteiger partial charge on any atom is -0.496 e. The van der Waals surface area contributed by atoms with Crippen molar-refractivity contribution in [2.24, 2.45) is 4.99 Å². The molecule has 0 aliphatic rings. The number of alkyl halides is 3. The zero-order valence-electron chi connectivity index (χ0n) is 16.5. The second-order valence-electron chi connectivity index (χ2n) is 5.97. The maximum Gasteiger partial charge on any atom is 0.419 e. The Morgan fingerprint density at radius 2 is 1.90 bits per heavy atom. The number of hydrogen-bond acceptors (Lipinski definition) is 4. The molecule has 0 aliphatic carbocycles. The maximum atomic E-state index is 13.0. The third-order valence-corrected chi connectivity index (χ3v) is 3.99. The van der Waals surface area contributed by atoms with Crippen LogP contribution in [-0.4, -0.2) is 50.1 Å². The fraction of sp³-hybridized carbons (Fsp3) is 0.368. The Morgan fingerprint density at radius 1 is 1.17 bits per heavy atom. The molecule has 1 heterocycles. The number of guanidine groups is 1. The number of halogens is 4. The lowest BCUT2D eigenvalue weighted by Gasteiger charge is -2.23. The van der Waals surface area contributed by atoms with E-state index in [4.69, 9.17) is 4.74 Å². The summed E-state index contributed by atoms with van der Waals surface area (Å²) in [5, 5.41) is 5.84. The van der Waals surface area contributed by atoms with Crippen LogP contribution in [-0.2, 0) is 12.7 Å². The van der Waals surface area contributed by atoms with Gasteiger partial charge in [0, 0.05) is 45.5 Å². The van der Waals surface area contributed by atoms with Crippen LogP contribution < -0.4 is 15.4 Å². The molecular formula is C19H25F3IN5O. The van der Waals surface area contributed by atoms with E-state index in [0.717, 1.165) is 17.4 Å². The predicted molar refractivity (Wildman–Crippen MR) is 119 cm³/mol. The number of aliphatic imine (C=N–C) groups is 1. The molecule has 10 heteroatoms. The van der Waals surface area contributed by atoms with Crippen LogP contribution in [0.1, 0.15) is 11.1 Å². The number of hydrogen-bond donors (Lipinski definition) is 2. The zero-order valence-corrected chi connectivity index (χ0v) is 18.8. The molecule has 1 aromatic heterocycles. The molecule has 0 fully saturated rings. The molecule has 0 atom stereocenters. The fourth-order valence-corrected chi connectivity index (χ4v) is 2.68. The number of ether oxygens (including phenoxy) is 1. The number of anilines is 1. The maximum absolute atomic E-state index is 13.0. The third kappa shape index (κ3) is 7.26. The molecule has 0 spiro atoms. The van der Waals surface area contributed by atoms with Gasteiger partial charge in [0.1, 0.15) is 11.6 Å². The summed E-state index contributed by atoms with van der Waals surface area (Å²) in [7, 11) is 5.13. The van der Waals surface area contributed by atoms with Crippen molar-refractivity contribution < 1.29 is 17.9 Å². The lowest BCUT2D eigenvalue weighted by Crippen LogP contribution is -2.40. The molecule has 2 aromatic rings. The average Bonchev–Trinajstić information content (AvgIpc) is 2.68. The first-order valence-corrected chi connectivity index (χ1v) is 8.66. The van der Waals surface area contributed by atoms with Gasteiger partial charge < -0.3 is 20.3 Å². The minimum absolute atomic E-state index is 0. The van der Waals surface area contributed by atoms with Crippen LogP contribution in [0.5, 0.6) is 5.75 Å². The van der Waals surface area contributed by atoms with Crippen molar-refractivity contribution in [3.8, 4) is 5.75 Å². The van der Waals surface area contributed by atoms with Crippen LogP contribution in [0.25, 0.3) is 0 Å². The Labute approximate surface area is 185 Å². The SMILES string of the molecule is CN=C(NCCNc1ncccc1C(F)(F)F)N(C)Cc1ccccc1OC.I. The van der Waals surface area contributed by atoms with E-state index in [0.29, 0.717) is 19.0 Å². The zero-order chi connectivity index (χ0) is 20.6. The Balaban J connectivity index is 0.00000420. The van der Waals surface area contributed by atoms with Gasteiger partial charge in [-0.15, -0.1) is 24.0 Å². The van der Waals surface area contributed by atoms with Gasteiger partial charge in [0.05, 0.1) is 12.7 Å². The third-order valence-electron chi connectivity index (χ3n) is 3.99. The molecule has 0 unspecified atom stereocenters. The second kappa shape index (κ2) is 11.7. The first-order chi connectivity index (χ1) is 13.4. The molecule has 6 nitrogen and oxygen atoms in total. The molecule has 0 bridgehead atoms. The smallest absolute Gasteiger partial charge is 0.419 e. The molecule has 1 aromatic carbocycles. The molecule has 2 rings (SSSR count). The summed E-state index contributed by atoms with van der Waals surface area (Å²) in [5.74, 6) is 1.21. The molecule has 2 N–H and O–H groups in total. The quantitative estimate of drug-likeness (QED) is 0.250. The van der Waals surface area contributed by atoms with Crippen LogP contribution in [0.2, 0.25) is 0 Å². The van der Waals surface area contributed by atoms with Gasteiger partial charge in [0.2, 0.25) is 0 Å². The van der Waals surface area contributed by atoms with Crippen LogP contribution in [0, 0.1) is 0 Å². The molecule has 29 heavy (non-hydrogen) atoms. The highest BCUT2D eigenvalue weighted by Crippen LogP contribution is 2.33. The molecule has 0 amide bonds. The summed E-state index contributed by atoms with van der Waals surface area (Å²) >= 11 is 0. The van der Waals surface area contributed by atoms with E-state index in [1.54, 1.807) is 14.2 Å². The number of benzene rings is 1. The van der Waals surface area contributed by atoms with Crippen molar-refractivity contribution in [1.82, 2.24) is 15.2 Å². The first kappa shape index (κ1) is 24.8. The predicted octanol–water partition coefficient (Wildman–Crippen LogP) is 3.85. The van der Waals surface area contributed by atoms with E-state index in [1.807, 2.05) is 36.2 Å². The Bertz CT molecular complexity index is 801. The first-order valence-electron chi connectivity index (χ1n) is 8.66. The number of nitrogens with one attached hydrogen (secondary N) is 2. The highest BCUT2D eigenvalue weighted by molar-refractivity contribution is 14.0. The molecule has 0 aliphatic heterocycles. The molecule has 0 saturated carbocycles. The van der Waals surface area contributed by atoms with E-state index < -0.39 is 11.7 Å². The Kier molecular flexibility index (Phi) is 9.99. The van der Waals surface area contributed by atoms with Gasteiger partial charge in [0.15, 0.2) is 5.96 Å². The van der Waals surface area contributed by atoms with Gasteiger partial charge in [-0.1, -0.05) is 18.2 Å². The van der Waals surface area contributed by atoms with Crippen LogP contribution in [0.4, 0.5) is 19.0 Å². The number of nitrogens with zero attached hydrogens (tertiary/aromatic N) is 3. The van der Waals surface area contributed by atoms with E-state index >= 15 is 0 Å². The summed E-state index contributed by atoms with van der Waals surface area (Å²) in [6.45, 7) is 1.19. The largest absolute Gasteiger partial charge is 0.496 e. The summed E-state index contributed by atoms with van der Waals surface area (Å²) in [6, 6.07) is 9.94. The molecular weight excluding hydrogens is 498 g/mol. The van der Waals surface area contributed by atoms with Crippen molar-refractivity contribution in [3.05, 3.63) is 53.7 Å². The minimum atomic E-state index is -4.45. The highest BCUT2D eigenvalue weighted by atomic mass is 127. The Hall–Kier alpha value is -2.24. The number of rotatable bonds is 7. The number of aromatic nitrogens is 1. The normalized spacial score (nSPS) is 11.4. The standard InChI is InChI=1S/C19H24F3N5O.HI/c1-23-18(27(2)13-14-7-4-5-9-16(14)28-3)26-12-11-25-17-15(19(20,21)22)8-6-10-24-17;/h4-10H,11-13H2,1-3H3,(H,23,26)(H,24,25);1H. The average molecular weight is 523 g/mol. The summed E-state index contributed by atoms with van der Waals surface area (Å²) in [4.78, 5) is 9.89. The van der Waals surface area contributed by atoms with Gasteiger partial charge in [-0.3, -0.25) is 4.99 Å². The van der Waals surface area contributed by atoms with E-state index in [2.05, 4.69) is 20.6 Å². The summed E-state index contributed by atoms with van der Waals surface area (Å²) in [5.41, 5.74) is 0.213. The lowest BCUT2D eigenvalue weighted by molar-refractivity contribution is -0.137. The van der Waals surface area contributed by atoms with Gasteiger partial charge in [-0.05, 0) is 18.2 Å². The molecule has 0 radical (unpaired) electrons. The summed E-state index contributed by atoms with van der Waals surface area (Å²) in [6.07, 6.45) is -3.13. The monoisotopic (exact) mass is 523 g/mol. The van der Waals surface area contributed by atoms with Crippen molar-refractivity contribution in [2.45, 2.75) is 12.7 Å². The van der Waals surface area contributed by atoms with Gasteiger partial charge in [-0.25, -0.2) is 4.98 Å². The van der Waals surface area contributed by atoms with E-state index in [1.165, 1.54) is 12.3 Å². The number of para-hydroxylation sites is 1. The van der Waals surface area contributed by atoms with Crippen molar-refractivity contribution in [3.63, 3.8) is 0 Å². The van der Waals surface area contributed by atoms with Crippen LogP contribution >= 0.6 is 24.0 Å². The lowest BCUT2D eigenvalue weighted by atomic mass is 10.2. The van der Waals surface area contributed by atoms with Gasteiger partial charge in [0.25, 0.3) is 0 Å². The topological polar surface area (TPSA) is 61.8 Å². The van der Waals surface area contributed by atoms with Crippen molar-refractivity contribution >= 4 is 35.8 Å². The van der Waals surface area contributed by atoms with Crippen LogP contribution in [0.3, 0.4) is 0 Å². The van der Waals surface area contributed by atoms with Gasteiger partial charge in [-0.2, -0.15) is 13.2 Å². The number of methoxy groups -OCH3 is 1. The summed E-state index contributed by atoms with van der Waals surface area (Å²) < 4.78 is 44.3. The van der Waals surface area contributed by atoms with Crippen LogP contribution in [0.15, 0.2) is 47.6 Å². The van der Waals surface area contributed by atoms with E-state index in [9.17, 15) is 13.2 Å².